The average molecular weight is 342 g/mol. The first kappa shape index (κ1) is 17.2. The van der Waals surface area contributed by atoms with Gasteiger partial charge in [0, 0.05) is 26.2 Å². The quantitative estimate of drug-likeness (QED) is 0.898. The van der Waals surface area contributed by atoms with Gasteiger partial charge in [0.1, 0.15) is 0 Å². The summed E-state index contributed by atoms with van der Waals surface area (Å²) in [6.45, 7) is 2.52. The Hall–Kier alpha value is -1.60. The highest BCUT2D eigenvalue weighted by molar-refractivity contribution is 5.77. The second-order valence-electron chi connectivity index (χ2n) is 6.49. The van der Waals surface area contributed by atoms with Crippen LogP contribution in [-0.2, 0) is 22.3 Å². The van der Waals surface area contributed by atoms with E-state index >= 15 is 0 Å². The minimum atomic E-state index is -4.34. The largest absolute Gasteiger partial charge is 0.416 e. The first-order valence-corrected chi connectivity index (χ1v) is 8.16. The highest BCUT2D eigenvalue weighted by atomic mass is 19.4. The van der Waals surface area contributed by atoms with E-state index in [1.165, 1.54) is 12.1 Å². The Labute approximate surface area is 139 Å². The van der Waals surface area contributed by atoms with Crippen LogP contribution in [0, 0.1) is 0 Å². The molecule has 2 heterocycles. The fourth-order valence-corrected chi connectivity index (χ4v) is 3.48. The third-order valence-electron chi connectivity index (χ3n) is 4.80. The van der Waals surface area contributed by atoms with E-state index in [1.807, 2.05) is 4.90 Å². The molecule has 4 nitrogen and oxygen atoms in total. The molecule has 1 spiro atoms. The summed E-state index contributed by atoms with van der Waals surface area (Å²) in [5.41, 5.74) is -0.739. The molecule has 0 saturated carbocycles. The van der Waals surface area contributed by atoms with Crippen molar-refractivity contribution in [1.82, 2.24) is 10.2 Å². The van der Waals surface area contributed by atoms with Gasteiger partial charge >= 0.3 is 6.18 Å². The second-order valence-corrected chi connectivity index (χ2v) is 6.49. The Kier molecular flexibility index (Phi) is 4.83. The van der Waals surface area contributed by atoms with Crippen molar-refractivity contribution in [2.45, 2.75) is 37.6 Å². The van der Waals surface area contributed by atoms with Crippen molar-refractivity contribution in [1.29, 1.82) is 0 Å². The standard InChI is InChI=1S/C17H21F3N2O2/c18-17(19,20)14-4-2-1-3-13(14)12-22-8-5-16(6-9-22)11-15(23)21-7-10-24-16/h1-4H,5-12H2,(H,21,23). The molecular formula is C17H21F3N2O2. The van der Waals surface area contributed by atoms with E-state index in [4.69, 9.17) is 4.74 Å². The molecule has 132 valence electrons. The van der Waals surface area contributed by atoms with E-state index in [-0.39, 0.29) is 12.5 Å². The molecule has 7 heteroatoms. The van der Waals surface area contributed by atoms with Gasteiger partial charge in [-0.1, -0.05) is 18.2 Å². The lowest BCUT2D eigenvalue weighted by Gasteiger charge is -2.40. The minimum absolute atomic E-state index is 0.0108. The van der Waals surface area contributed by atoms with Crippen LogP contribution < -0.4 is 5.32 Å². The molecule has 2 aliphatic rings. The number of carbonyl (C=O) groups excluding carboxylic acids is 1. The van der Waals surface area contributed by atoms with Crippen LogP contribution >= 0.6 is 0 Å². The van der Waals surface area contributed by atoms with Crippen molar-refractivity contribution in [2.24, 2.45) is 0 Å². The van der Waals surface area contributed by atoms with Gasteiger partial charge in [-0.05, 0) is 24.5 Å². The second kappa shape index (κ2) is 6.72. The maximum atomic E-state index is 13.1. The van der Waals surface area contributed by atoms with E-state index in [0.717, 1.165) is 6.07 Å². The molecule has 0 aliphatic carbocycles. The number of nitrogens with zero attached hydrogens (tertiary/aromatic N) is 1. The van der Waals surface area contributed by atoms with Crippen molar-refractivity contribution >= 4 is 5.91 Å². The van der Waals surface area contributed by atoms with Crippen LogP contribution in [0.1, 0.15) is 30.4 Å². The fourth-order valence-electron chi connectivity index (χ4n) is 3.48. The number of carbonyl (C=O) groups is 1. The normalized spacial score (nSPS) is 22.2. The Bertz CT molecular complexity index is 596. The molecule has 0 bridgehead atoms. The van der Waals surface area contributed by atoms with Gasteiger partial charge in [-0.15, -0.1) is 0 Å². The minimum Gasteiger partial charge on any atom is -0.373 e. The van der Waals surface area contributed by atoms with E-state index in [2.05, 4.69) is 5.32 Å². The summed E-state index contributed by atoms with van der Waals surface area (Å²) >= 11 is 0. The lowest BCUT2D eigenvalue weighted by atomic mass is 9.87. The van der Waals surface area contributed by atoms with Gasteiger partial charge in [0.05, 0.1) is 24.2 Å². The predicted octanol–water partition coefficient (Wildman–Crippen LogP) is 2.58. The zero-order valence-electron chi connectivity index (χ0n) is 13.4. The molecule has 1 amide bonds. The topological polar surface area (TPSA) is 41.6 Å². The van der Waals surface area contributed by atoms with E-state index in [0.29, 0.717) is 51.1 Å². The number of hydrogen-bond acceptors (Lipinski definition) is 3. The molecule has 0 aromatic heterocycles. The number of amides is 1. The first-order valence-electron chi connectivity index (χ1n) is 8.16. The van der Waals surface area contributed by atoms with Crippen LogP contribution in [0.2, 0.25) is 0 Å². The molecule has 2 fully saturated rings. The molecule has 2 saturated heterocycles. The van der Waals surface area contributed by atoms with Gasteiger partial charge in [0.25, 0.3) is 0 Å². The number of rotatable bonds is 2. The number of benzene rings is 1. The average Bonchev–Trinajstić information content (AvgIpc) is 2.71. The highest BCUT2D eigenvalue weighted by Crippen LogP contribution is 2.34. The van der Waals surface area contributed by atoms with Gasteiger partial charge in [-0.2, -0.15) is 13.2 Å². The maximum Gasteiger partial charge on any atom is 0.416 e. The summed E-state index contributed by atoms with van der Waals surface area (Å²) in [4.78, 5) is 13.8. The Morgan fingerprint density at radius 1 is 1.21 bits per heavy atom. The molecule has 1 aromatic carbocycles. The van der Waals surface area contributed by atoms with Gasteiger partial charge in [-0.25, -0.2) is 0 Å². The van der Waals surface area contributed by atoms with Crippen molar-refractivity contribution in [3.05, 3.63) is 35.4 Å². The number of piperidine rings is 1. The number of likely N-dealkylation sites (tertiary alicyclic amines) is 1. The summed E-state index contributed by atoms with van der Waals surface area (Å²) in [5.74, 6) is -0.0108. The van der Waals surface area contributed by atoms with Gasteiger partial charge in [-0.3, -0.25) is 9.69 Å². The number of alkyl halides is 3. The van der Waals surface area contributed by atoms with Crippen molar-refractivity contribution in [3.8, 4) is 0 Å². The van der Waals surface area contributed by atoms with Crippen LogP contribution in [0.4, 0.5) is 13.2 Å². The molecule has 1 aromatic rings. The molecule has 1 N–H and O–H groups in total. The smallest absolute Gasteiger partial charge is 0.373 e. The van der Waals surface area contributed by atoms with Crippen LogP contribution in [0.15, 0.2) is 24.3 Å². The fraction of sp³-hybridized carbons (Fsp3) is 0.588. The summed E-state index contributed by atoms with van der Waals surface area (Å²) in [6.07, 6.45) is -2.68. The number of ether oxygens (including phenoxy) is 1. The molecule has 0 radical (unpaired) electrons. The van der Waals surface area contributed by atoms with Crippen LogP contribution in [-0.4, -0.2) is 42.6 Å². The van der Waals surface area contributed by atoms with Gasteiger partial charge < -0.3 is 10.1 Å². The highest BCUT2D eigenvalue weighted by Gasteiger charge is 2.39. The van der Waals surface area contributed by atoms with Gasteiger partial charge in [0.2, 0.25) is 5.91 Å². The SMILES string of the molecule is O=C1CC2(CCN(Cc3ccccc3C(F)(F)F)CC2)OCCN1. The Morgan fingerprint density at radius 2 is 1.92 bits per heavy atom. The van der Waals surface area contributed by atoms with E-state index in [1.54, 1.807) is 6.07 Å². The Morgan fingerprint density at radius 3 is 2.62 bits per heavy atom. The van der Waals surface area contributed by atoms with Crippen molar-refractivity contribution in [2.75, 3.05) is 26.2 Å². The molecule has 0 atom stereocenters. The monoisotopic (exact) mass is 342 g/mol. The molecule has 3 rings (SSSR count). The van der Waals surface area contributed by atoms with E-state index in [9.17, 15) is 18.0 Å². The number of hydrogen-bond donors (Lipinski definition) is 1. The Balaban J connectivity index is 1.65. The molecule has 0 unspecified atom stereocenters. The molecule has 24 heavy (non-hydrogen) atoms. The molecule has 2 aliphatic heterocycles. The lowest BCUT2D eigenvalue weighted by molar-refractivity contribution is -0.139. The number of nitrogens with one attached hydrogen (secondary N) is 1. The zero-order chi connectivity index (χ0) is 17.2. The van der Waals surface area contributed by atoms with Crippen molar-refractivity contribution in [3.63, 3.8) is 0 Å². The van der Waals surface area contributed by atoms with Gasteiger partial charge in [0.15, 0.2) is 0 Å². The van der Waals surface area contributed by atoms with E-state index < -0.39 is 17.3 Å². The first-order chi connectivity index (χ1) is 11.4. The van der Waals surface area contributed by atoms with Crippen molar-refractivity contribution < 1.29 is 22.7 Å². The zero-order valence-corrected chi connectivity index (χ0v) is 13.4. The summed E-state index contributed by atoms with van der Waals surface area (Å²) < 4.78 is 45.2. The van der Waals surface area contributed by atoms with Crippen LogP contribution in [0.3, 0.4) is 0 Å². The van der Waals surface area contributed by atoms with Crippen LogP contribution in [0.5, 0.6) is 0 Å². The number of halogens is 3. The third kappa shape index (κ3) is 3.89. The third-order valence-corrected chi connectivity index (χ3v) is 4.80. The summed E-state index contributed by atoms with van der Waals surface area (Å²) in [5, 5.41) is 2.79. The predicted molar refractivity (Wildman–Crippen MR) is 82.3 cm³/mol. The molecular weight excluding hydrogens is 321 g/mol. The van der Waals surface area contributed by atoms with Crippen LogP contribution in [0.25, 0.3) is 0 Å². The summed E-state index contributed by atoms with van der Waals surface area (Å²) in [7, 11) is 0. The lowest BCUT2D eigenvalue weighted by Crippen LogP contribution is -2.46. The maximum absolute atomic E-state index is 13.1. The summed E-state index contributed by atoms with van der Waals surface area (Å²) in [6, 6.07) is 5.70.